The first kappa shape index (κ1) is 35.4. The molecule has 4 N–H and O–H groups in total. The monoisotopic (exact) mass is 786 g/mol. The molecule has 11 nitrogen and oxygen atoms in total. The zero-order valence-electron chi connectivity index (χ0n) is 27.9. The number of aliphatic hydroxyl groups is 3. The lowest BCUT2D eigenvalue weighted by Crippen LogP contribution is -2.59. The first-order valence-corrected chi connectivity index (χ1v) is 17.8. The van der Waals surface area contributed by atoms with Crippen molar-refractivity contribution >= 4 is 45.4 Å². The fraction of sp³-hybridized carbons (Fsp3) is 0.486. The van der Waals surface area contributed by atoms with E-state index >= 15 is 0 Å². The Morgan fingerprint density at radius 3 is 2.61 bits per heavy atom. The van der Waals surface area contributed by atoms with Crippen molar-refractivity contribution in [3.63, 3.8) is 0 Å². The van der Waals surface area contributed by atoms with Gasteiger partial charge in [0.2, 0.25) is 5.91 Å². The van der Waals surface area contributed by atoms with E-state index in [-0.39, 0.29) is 55.2 Å². The van der Waals surface area contributed by atoms with Gasteiger partial charge in [0, 0.05) is 30.5 Å². The molecule has 2 aromatic carbocycles. The van der Waals surface area contributed by atoms with Crippen LogP contribution in [0.5, 0.6) is 11.5 Å². The molecule has 262 valence electrons. The molecule has 12 heteroatoms. The number of hydrogen-bond acceptors (Lipinski definition) is 9. The summed E-state index contributed by atoms with van der Waals surface area (Å²) in [7, 11) is 1.47. The predicted molar refractivity (Wildman–Crippen MR) is 190 cm³/mol. The second kappa shape index (κ2) is 14.4. The van der Waals surface area contributed by atoms with Gasteiger partial charge in [-0.2, -0.15) is 0 Å². The lowest BCUT2D eigenvalue weighted by Gasteiger charge is -2.61. The molecular weight excluding hydrogens is 743 g/mol. The van der Waals surface area contributed by atoms with Crippen LogP contribution in [0, 0.1) is 26.7 Å². The van der Waals surface area contributed by atoms with Crippen LogP contribution in [0.15, 0.2) is 63.3 Å². The second-order valence-electron chi connectivity index (χ2n) is 13.9. The fourth-order valence-electron chi connectivity index (χ4n) is 8.06. The third-order valence-corrected chi connectivity index (χ3v) is 11.7. The zero-order valence-corrected chi connectivity index (χ0v) is 30.0. The van der Waals surface area contributed by atoms with E-state index < -0.39 is 35.7 Å². The number of fused-ring (bicyclic) bond motifs is 3. The number of carbonyl (C=O) groups excluding carboxylic acids is 2. The van der Waals surface area contributed by atoms with Crippen molar-refractivity contribution in [3.05, 3.63) is 79.2 Å². The highest BCUT2D eigenvalue weighted by Crippen LogP contribution is 2.61. The Labute approximate surface area is 298 Å². The summed E-state index contributed by atoms with van der Waals surface area (Å²) in [5.41, 5.74) is 0.416. The summed E-state index contributed by atoms with van der Waals surface area (Å²) in [6.07, 6.45) is 2.12. The molecule has 4 aliphatic carbocycles. The Morgan fingerprint density at radius 2 is 1.92 bits per heavy atom. The first-order chi connectivity index (χ1) is 23.5. The third-order valence-electron chi connectivity index (χ3n) is 10.9. The van der Waals surface area contributed by atoms with Crippen LogP contribution in [0.2, 0.25) is 0 Å². The minimum absolute atomic E-state index is 0.00990. The maximum absolute atomic E-state index is 14.7. The van der Waals surface area contributed by atoms with Crippen LogP contribution in [0.4, 0.5) is 0 Å². The molecule has 3 aromatic rings. The Kier molecular flexibility index (Phi) is 10.4. The van der Waals surface area contributed by atoms with Gasteiger partial charge in [0.1, 0.15) is 23.4 Å². The molecule has 6 unspecified atom stereocenters. The van der Waals surface area contributed by atoms with Crippen molar-refractivity contribution in [3.8, 4) is 11.5 Å². The molecule has 4 aliphatic rings. The number of amides is 2. The van der Waals surface area contributed by atoms with E-state index in [1.165, 1.54) is 19.3 Å². The van der Waals surface area contributed by atoms with E-state index in [2.05, 4.69) is 41.8 Å². The molecule has 2 bridgehead atoms. The highest BCUT2D eigenvalue weighted by molar-refractivity contribution is 14.1. The summed E-state index contributed by atoms with van der Waals surface area (Å²) in [6.45, 7) is 4.35. The lowest BCUT2D eigenvalue weighted by atomic mass is 9.45. The van der Waals surface area contributed by atoms with Crippen molar-refractivity contribution in [1.29, 1.82) is 0 Å². The predicted octanol–water partition coefficient (Wildman–Crippen LogP) is 4.03. The van der Waals surface area contributed by atoms with Crippen molar-refractivity contribution in [2.24, 2.45) is 23.2 Å². The summed E-state index contributed by atoms with van der Waals surface area (Å²) in [4.78, 5) is 43.0. The first-order valence-electron chi connectivity index (χ1n) is 16.7. The topological polar surface area (TPSA) is 159 Å². The standard InChI is InChI=1S/C37H43IN2O9/c1-37(2)24-9-8-22(26(37)17-24)18-40(35(45)25-14-21-6-4-5-7-29(21)49-36(25)46)28-15-23(34(44)39-10-11-41)16-30(32(28)43)48-33-27(38)12-20(19-42)13-31(33)47-3/h4-7,12-14,16,22,24,26,28,30,32,41-43H,8-11,15,17-19H2,1-3H3,(H,39,44). The second-order valence-corrected chi connectivity index (χ2v) is 15.1. The average Bonchev–Trinajstić information content (AvgIpc) is 3.10. The molecule has 6 atom stereocenters. The van der Waals surface area contributed by atoms with Crippen LogP contribution in [0.25, 0.3) is 11.0 Å². The minimum atomic E-state index is -1.31. The number of nitrogens with zero attached hydrogens (tertiary/aromatic N) is 1. The lowest BCUT2D eigenvalue weighted by molar-refractivity contribution is -0.120. The maximum Gasteiger partial charge on any atom is 0.349 e. The van der Waals surface area contributed by atoms with Crippen LogP contribution in [0.1, 0.15) is 55.5 Å². The van der Waals surface area contributed by atoms with Crippen LogP contribution in [0.3, 0.4) is 0 Å². The van der Waals surface area contributed by atoms with Gasteiger partial charge in [-0.1, -0.05) is 32.0 Å². The molecular formula is C37H43IN2O9. The van der Waals surface area contributed by atoms with Gasteiger partial charge in [-0.3, -0.25) is 9.59 Å². The zero-order chi connectivity index (χ0) is 35.0. The number of ether oxygens (including phenoxy) is 2. The van der Waals surface area contributed by atoms with Crippen LogP contribution < -0.4 is 20.4 Å². The molecule has 1 heterocycles. The van der Waals surface area contributed by atoms with E-state index in [0.717, 1.165) is 19.3 Å². The number of benzene rings is 2. The van der Waals surface area contributed by atoms with Gasteiger partial charge < -0.3 is 39.4 Å². The van der Waals surface area contributed by atoms with Gasteiger partial charge in [0.15, 0.2) is 11.5 Å². The number of halogens is 1. The van der Waals surface area contributed by atoms with E-state index in [0.29, 0.717) is 43.4 Å². The number of rotatable bonds is 11. The molecule has 1 aromatic heterocycles. The maximum atomic E-state index is 14.7. The summed E-state index contributed by atoms with van der Waals surface area (Å²) in [6, 6.07) is 10.9. The van der Waals surface area contributed by atoms with Gasteiger partial charge in [-0.15, -0.1) is 0 Å². The fourth-order valence-corrected chi connectivity index (χ4v) is 8.86. The largest absolute Gasteiger partial charge is 0.493 e. The summed E-state index contributed by atoms with van der Waals surface area (Å²) in [5.74, 6) is 0.694. The highest BCUT2D eigenvalue weighted by atomic mass is 127. The Hall–Kier alpha value is -3.46. The van der Waals surface area contributed by atoms with Gasteiger partial charge in [0.05, 0.1) is 29.9 Å². The smallest absolute Gasteiger partial charge is 0.349 e. The highest BCUT2D eigenvalue weighted by Gasteiger charge is 2.55. The molecule has 2 amide bonds. The Morgan fingerprint density at radius 1 is 1.14 bits per heavy atom. The normalized spacial score (nSPS) is 25.6. The van der Waals surface area contributed by atoms with Gasteiger partial charge in [0.25, 0.3) is 5.91 Å². The van der Waals surface area contributed by atoms with Crippen molar-refractivity contribution in [2.45, 2.75) is 64.4 Å². The molecule has 7 rings (SSSR count). The Bertz CT molecular complexity index is 1820. The number of para-hydroxylation sites is 1. The van der Waals surface area contributed by atoms with E-state index in [9.17, 15) is 29.7 Å². The summed E-state index contributed by atoms with van der Waals surface area (Å²) < 4.78 is 18.2. The number of carbonyl (C=O) groups is 2. The molecule has 0 aliphatic heterocycles. The molecule has 0 saturated heterocycles. The Balaban J connectivity index is 1.42. The minimum Gasteiger partial charge on any atom is -0.493 e. The number of methoxy groups -OCH3 is 1. The number of nitrogens with one attached hydrogen (secondary N) is 1. The summed E-state index contributed by atoms with van der Waals surface area (Å²) in [5, 5.41) is 34.5. The SMILES string of the molecule is COc1cc(CO)cc(I)c1OC1C=C(C(=O)NCCO)CC(N(CC2CCC3CC2C3(C)C)C(=O)c2cc3ccccc3oc2=O)C1O. The molecule has 3 fully saturated rings. The molecule has 0 radical (unpaired) electrons. The van der Waals surface area contributed by atoms with Gasteiger partial charge in [-0.05, 0) is 101 Å². The van der Waals surface area contributed by atoms with Crippen LogP contribution in [-0.4, -0.2) is 77.1 Å². The van der Waals surface area contributed by atoms with E-state index in [1.54, 1.807) is 41.3 Å². The van der Waals surface area contributed by atoms with Crippen LogP contribution >= 0.6 is 22.6 Å². The quantitative estimate of drug-likeness (QED) is 0.167. The molecule has 49 heavy (non-hydrogen) atoms. The van der Waals surface area contributed by atoms with Crippen molar-refractivity contribution in [1.82, 2.24) is 10.2 Å². The number of hydrogen-bond donors (Lipinski definition) is 4. The van der Waals surface area contributed by atoms with Crippen LogP contribution in [-0.2, 0) is 11.4 Å². The van der Waals surface area contributed by atoms with E-state index in [1.807, 2.05) is 0 Å². The molecule has 0 spiro atoms. The van der Waals surface area contributed by atoms with Gasteiger partial charge >= 0.3 is 5.63 Å². The molecule has 3 saturated carbocycles. The van der Waals surface area contributed by atoms with Gasteiger partial charge in [-0.25, -0.2) is 4.79 Å². The average molecular weight is 787 g/mol. The van der Waals surface area contributed by atoms with E-state index in [4.69, 9.17) is 13.9 Å². The van der Waals surface area contributed by atoms with Crippen molar-refractivity contribution < 1.29 is 38.8 Å². The number of aliphatic hydroxyl groups excluding tert-OH is 3. The van der Waals surface area contributed by atoms with Crippen molar-refractivity contribution in [2.75, 3.05) is 26.8 Å². The summed E-state index contributed by atoms with van der Waals surface area (Å²) >= 11 is 2.06. The third kappa shape index (κ3) is 6.84.